The fourth-order valence-electron chi connectivity index (χ4n) is 3.56. The highest BCUT2D eigenvalue weighted by Gasteiger charge is 2.30. The first kappa shape index (κ1) is 23.2. The molecule has 8 nitrogen and oxygen atoms in total. The van der Waals surface area contributed by atoms with Crippen molar-refractivity contribution in [1.82, 2.24) is 0 Å². The number of nitrogens with zero attached hydrogens (tertiary/aromatic N) is 1. The molecule has 2 amide bonds. The number of fused-ring (bicyclic) bond motifs is 2. The van der Waals surface area contributed by atoms with Crippen LogP contribution in [0.5, 0.6) is 11.5 Å². The standard InChI is InChI=1S/C25H22N2O6S/c1-31-16-9-10-18(20(13-16)32-2)26-23(28)14-27-19-12-15(25(30)33-3)8-11-22(19)34-21-7-5-4-6-17(21)24(27)29/h4-13H,14H2,1-3H3,(H,26,28). The zero-order chi connectivity index (χ0) is 24.2. The van der Waals surface area contributed by atoms with Crippen LogP contribution >= 0.6 is 11.8 Å². The van der Waals surface area contributed by atoms with Gasteiger partial charge in [0.1, 0.15) is 18.0 Å². The van der Waals surface area contributed by atoms with Crippen LogP contribution < -0.4 is 19.7 Å². The molecule has 0 fully saturated rings. The fourth-order valence-corrected chi connectivity index (χ4v) is 4.62. The Bertz CT molecular complexity index is 1280. The summed E-state index contributed by atoms with van der Waals surface area (Å²) in [7, 11) is 4.31. The number of ether oxygens (including phenoxy) is 3. The lowest BCUT2D eigenvalue weighted by Gasteiger charge is -2.23. The number of esters is 1. The molecule has 0 radical (unpaired) electrons. The summed E-state index contributed by atoms with van der Waals surface area (Å²) < 4.78 is 15.4. The molecule has 0 aromatic heterocycles. The van der Waals surface area contributed by atoms with E-state index in [0.29, 0.717) is 28.4 Å². The number of methoxy groups -OCH3 is 3. The van der Waals surface area contributed by atoms with E-state index >= 15 is 0 Å². The quantitative estimate of drug-likeness (QED) is 0.530. The van der Waals surface area contributed by atoms with Gasteiger partial charge < -0.3 is 19.5 Å². The van der Waals surface area contributed by atoms with Crippen LogP contribution in [0.4, 0.5) is 11.4 Å². The first-order valence-corrected chi connectivity index (χ1v) is 11.1. The molecule has 0 saturated carbocycles. The van der Waals surface area contributed by atoms with Gasteiger partial charge in [-0.2, -0.15) is 0 Å². The number of carbonyl (C=O) groups is 3. The monoisotopic (exact) mass is 478 g/mol. The van der Waals surface area contributed by atoms with E-state index in [1.807, 2.05) is 12.1 Å². The summed E-state index contributed by atoms with van der Waals surface area (Å²) in [6, 6.07) is 17.1. The lowest BCUT2D eigenvalue weighted by atomic mass is 10.1. The van der Waals surface area contributed by atoms with Gasteiger partial charge in [0.2, 0.25) is 5.91 Å². The van der Waals surface area contributed by atoms with Gasteiger partial charge in [-0.05, 0) is 42.5 Å². The maximum absolute atomic E-state index is 13.5. The molecule has 174 valence electrons. The van der Waals surface area contributed by atoms with Gasteiger partial charge in [0, 0.05) is 15.9 Å². The predicted octanol–water partition coefficient (Wildman–Crippen LogP) is 4.24. The molecule has 0 saturated heterocycles. The molecule has 3 aromatic rings. The van der Waals surface area contributed by atoms with Gasteiger partial charge in [0.25, 0.3) is 5.91 Å². The van der Waals surface area contributed by atoms with Crippen LogP contribution in [0, 0.1) is 0 Å². The van der Waals surface area contributed by atoms with Gasteiger partial charge in [-0.1, -0.05) is 23.9 Å². The highest BCUT2D eigenvalue weighted by Crippen LogP contribution is 2.42. The Hall–Kier alpha value is -3.98. The number of rotatable bonds is 6. The SMILES string of the molecule is COC(=O)c1ccc2c(c1)N(CC(=O)Nc1ccc(OC)cc1OC)C(=O)c1ccccc1S2. The largest absolute Gasteiger partial charge is 0.497 e. The van der Waals surface area contributed by atoms with Crippen molar-refractivity contribution in [2.24, 2.45) is 0 Å². The lowest BCUT2D eigenvalue weighted by molar-refractivity contribution is -0.114. The highest BCUT2D eigenvalue weighted by atomic mass is 32.2. The number of amides is 2. The van der Waals surface area contributed by atoms with Crippen LogP contribution in [0.25, 0.3) is 0 Å². The third-order valence-electron chi connectivity index (χ3n) is 5.24. The normalized spacial score (nSPS) is 12.2. The van der Waals surface area contributed by atoms with Crippen LogP contribution in [0.3, 0.4) is 0 Å². The minimum absolute atomic E-state index is 0.277. The summed E-state index contributed by atoms with van der Waals surface area (Å²) in [6.07, 6.45) is 0. The molecule has 34 heavy (non-hydrogen) atoms. The molecule has 0 aliphatic carbocycles. The summed E-state index contributed by atoms with van der Waals surface area (Å²) in [6.45, 7) is -0.277. The van der Waals surface area contributed by atoms with Crippen LogP contribution in [0.1, 0.15) is 20.7 Å². The zero-order valence-corrected chi connectivity index (χ0v) is 19.6. The van der Waals surface area contributed by atoms with Gasteiger partial charge in [-0.15, -0.1) is 0 Å². The Morgan fingerprint density at radius 3 is 2.47 bits per heavy atom. The molecule has 0 spiro atoms. The first-order valence-electron chi connectivity index (χ1n) is 10.3. The molecule has 0 atom stereocenters. The number of carbonyl (C=O) groups excluding carboxylic acids is 3. The predicted molar refractivity (Wildman–Crippen MR) is 128 cm³/mol. The average molecular weight is 479 g/mol. The van der Waals surface area contributed by atoms with E-state index in [1.54, 1.807) is 48.5 Å². The maximum Gasteiger partial charge on any atom is 0.337 e. The van der Waals surface area contributed by atoms with E-state index in [0.717, 1.165) is 9.79 Å². The van der Waals surface area contributed by atoms with E-state index in [1.165, 1.54) is 38.0 Å². The number of hydrogen-bond donors (Lipinski definition) is 1. The van der Waals surface area contributed by atoms with E-state index < -0.39 is 11.9 Å². The van der Waals surface area contributed by atoms with Gasteiger partial charge in [-0.25, -0.2) is 4.79 Å². The first-order chi connectivity index (χ1) is 16.4. The molecule has 1 N–H and O–H groups in total. The Balaban J connectivity index is 1.70. The number of nitrogens with one attached hydrogen (secondary N) is 1. The summed E-state index contributed by atoms with van der Waals surface area (Å²) in [5.74, 6) is -0.315. The Morgan fingerprint density at radius 1 is 0.941 bits per heavy atom. The molecule has 9 heteroatoms. The highest BCUT2D eigenvalue weighted by molar-refractivity contribution is 7.99. The zero-order valence-electron chi connectivity index (χ0n) is 18.8. The molecule has 1 aliphatic heterocycles. The van der Waals surface area contributed by atoms with Crippen LogP contribution in [-0.2, 0) is 9.53 Å². The van der Waals surface area contributed by atoms with Crippen molar-refractivity contribution in [2.45, 2.75) is 9.79 Å². The molecule has 4 rings (SSSR count). The molecular weight excluding hydrogens is 456 g/mol. The number of anilines is 2. The minimum Gasteiger partial charge on any atom is -0.497 e. The van der Waals surface area contributed by atoms with Crippen LogP contribution in [-0.4, -0.2) is 45.7 Å². The fraction of sp³-hybridized carbons (Fsp3) is 0.160. The Labute approximate surface area is 200 Å². The lowest BCUT2D eigenvalue weighted by Crippen LogP contribution is -2.38. The van der Waals surface area contributed by atoms with Crippen LogP contribution in [0.15, 0.2) is 70.5 Å². The minimum atomic E-state index is -0.533. The van der Waals surface area contributed by atoms with Crippen molar-refractivity contribution in [3.05, 3.63) is 71.8 Å². The van der Waals surface area contributed by atoms with E-state index in [2.05, 4.69) is 5.32 Å². The topological polar surface area (TPSA) is 94.2 Å². The van der Waals surface area contributed by atoms with E-state index in [9.17, 15) is 14.4 Å². The van der Waals surface area contributed by atoms with Crippen molar-refractivity contribution < 1.29 is 28.6 Å². The summed E-state index contributed by atoms with van der Waals surface area (Å²) in [5.41, 5.74) is 1.64. The Morgan fingerprint density at radius 2 is 1.74 bits per heavy atom. The Kier molecular flexibility index (Phi) is 6.74. The third-order valence-corrected chi connectivity index (χ3v) is 6.38. The molecule has 0 unspecified atom stereocenters. The smallest absolute Gasteiger partial charge is 0.337 e. The number of hydrogen-bond acceptors (Lipinski definition) is 7. The van der Waals surface area contributed by atoms with Gasteiger partial charge in [0.05, 0.1) is 43.8 Å². The summed E-state index contributed by atoms with van der Waals surface area (Å²) in [4.78, 5) is 41.6. The average Bonchev–Trinajstić information content (AvgIpc) is 2.98. The van der Waals surface area contributed by atoms with Gasteiger partial charge in [-0.3, -0.25) is 14.5 Å². The molecular formula is C25H22N2O6S. The molecule has 1 aliphatic rings. The van der Waals surface area contributed by atoms with Crippen molar-refractivity contribution >= 4 is 40.9 Å². The van der Waals surface area contributed by atoms with Crippen molar-refractivity contribution in [2.75, 3.05) is 38.1 Å². The van der Waals surface area contributed by atoms with Gasteiger partial charge in [0.15, 0.2) is 0 Å². The second kappa shape index (κ2) is 9.88. The van der Waals surface area contributed by atoms with Crippen LogP contribution in [0.2, 0.25) is 0 Å². The third kappa shape index (κ3) is 4.55. The van der Waals surface area contributed by atoms with E-state index in [-0.39, 0.29) is 18.0 Å². The maximum atomic E-state index is 13.5. The van der Waals surface area contributed by atoms with Crippen molar-refractivity contribution in [3.8, 4) is 11.5 Å². The molecule has 0 bridgehead atoms. The molecule has 1 heterocycles. The van der Waals surface area contributed by atoms with Gasteiger partial charge >= 0.3 is 5.97 Å². The molecule has 3 aromatic carbocycles. The number of benzene rings is 3. The summed E-state index contributed by atoms with van der Waals surface area (Å²) in [5, 5.41) is 2.79. The second-order valence-corrected chi connectivity index (χ2v) is 8.36. The summed E-state index contributed by atoms with van der Waals surface area (Å²) >= 11 is 1.40. The van der Waals surface area contributed by atoms with E-state index in [4.69, 9.17) is 14.2 Å². The van der Waals surface area contributed by atoms with Crippen molar-refractivity contribution in [1.29, 1.82) is 0 Å². The second-order valence-electron chi connectivity index (χ2n) is 7.28. The van der Waals surface area contributed by atoms with Crippen molar-refractivity contribution in [3.63, 3.8) is 0 Å².